The Morgan fingerprint density at radius 1 is 0.893 bits per heavy atom. The third-order valence-electron chi connectivity index (χ3n) is 4.42. The van der Waals surface area contributed by atoms with Crippen molar-refractivity contribution < 1.29 is 13.2 Å². The lowest BCUT2D eigenvalue weighted by Crippen LogP contribution is -2.37. The van der Waals surface area contributed by atoms with Gasteiger partial charge in [-0.3, -0.25) is 4.79 Å². The minimum absolute atomic E-state index is 0.00865. The topological polar surface area (TPSA) is 54.5 Å². The standard InChI is InChI=1S/C21H17Cl2NO3S/c1-14-7-6-10-20(15(14)2)24(28(26,27)17-8-4-3-5-9-17)21(25)18-12-11-16(22)13-19(18)23/h3-13H,1-2H3. The van der Waals surface area contributed by atoms with Gasteiger partial charge in [0.05, 0.1) is 21.2 Å². The molecular formula is C21H17Cl2NO3S. The molecule has 3 aromatic carbocycles. The number of anilines is 1. The number of sulfonamides is 1. The summed E-state index contributed by atoms with van der Waals surface area (Å²) in [5.41, 5.74) is 1.87. The van der Waals surface area contributed by atoms with Crippen molar-refractivity contribution in [2.24, 2.45) is 0 Å². The Morgan fingerprint density at radius 3 is 2.21 bits per heavy atom. The number of carbonyl (C=O) groups is 1. The van der Waals surface area contributed by atoms with E-state index < -0.39 is 15.9 Å². The average Bonchev–Trinajstić information content (AvgIpc) is 2.66. The molecule has 0 unspecified atom stereocenters. The van der Waals surface area contributed by atoms with Crippen molar-refractivity contribution in [1.29, 1.82) is 0 Å². The second kappa shape index (κ2) is 7.95. The second-order valence-corrected chi connectivity index (χ2v) is 8.86. The highest BCUT2D eigenvalue weighted by atomic mass is 35.5. The predicted molar refractivity (Wildman–Crippen MR) is 113 cm³/mol. The predicted octanol–water partition coefficient (Wildman–Crippen LogP) is 5.65. The molecule has 144 valence electrons. The van der Waals surface area contributed by atoms with Crippen LogP contribution >= 0.6 is 23.2 Å². The highest BCUT2D eigenvalue weighted by Gasteiger charge is 2.33. The van der Waals surface area contributed by atoms with Crippen LogP contribution in [-0.4, -0.2) is 14.3 Å². The van der Waals surface area contributed by atoms with Gasteiger partial charge in [0.25, 0.3) is 15.9 Å². The van der Waals surface area contributed by atoms with Crippen molar-refractivity contribution in [2.45, 2.75) is 18.7 Å². The molecule has 0 radical (unpaired) electrons. The molecule has 0 saturated carbocycles. The van der Waals surface area contributed by atoms with Gasteiger partial charge in [0.15, 0.2) is 0 Å². The van der Waals surface area contributed by atoms with Crippen LogP contribution in [0.15, 0.2) is 71.6 Å². The van der Waals surface area contributed by atoms with E-state index in [-0.39, 0.29) is 21.2 Å². The molecule has 0 saturated heterocycles. The molecule has 0 heterocycles. The molecule has 0 aliphatic rings. The van der Waals surface area contributed by atoms with Crippen LogP contribution in [0.4, 0.5) is 5.69 Å². The molecular weight excluding hydrogens is 417 g/mol. The number of halogens is 2. The number of rotatable bonds is 4. The first-order valence-electron chi connectivity index (χ1n) is 8.39. The average molecular weight is 434 g/mol. The largest absolute Gasteiger partial charge is 0.273 e. The molecule has 0 atom stereocenters. The zero-order valence-electron chi connectivity index (χ0n) is 15.2. The first-order chi connectivity index (χ1) is 13.2. The summed E-state index contributed by atoms with van der Waals surface area (Å²) in [5.74, 6) is -0.751. The van der Waals surface area contributed by atoms with E-state index >= 15 is 0 Å². The minimum Gasteiger partial charge on any atom is -0.268 e. The number of nitrogens with zero attached hydrogens (tertiary/aromatic N) is 1. The number of aryl methyl sites for hydroxylation is 1. The zero-order chi connectivity index (χ0) is 20.5. The summed E-state index contributed by atoms with van der Waals surface area (Å²) in [6.07, 6.45) is 0. The highest BCUT2D eigenvalue weighted by Crippen LogP contribution is 2.32. The molecule has 7 heteroatoms. The number of amides is 1. The van der Waals surface area contributed by atoms with Gasteiger partial charge in [-0.05, 0) is 61.4 Å². The second-order valence-electron chi connectivity index (χ2n) is 6.23. The van der Waals surface area contributed by atoms with Crippen LogP contribution in [0.2, 0.25) is 10.0 Å². The smallest absolute Gasteiger partial charge is 0.268 e. The quantitative estimate of drug-likeness (QED) is 0.534. The number of hydrogen-bond donors (Lipinski definition) is 0. The van der Waals surface area contributed by atoms with Crippen LogP contribution in [0.3, 0.4) is 0 Å². The Bertz CT molecular complexity index is 1150. The lowest BCUT2D eigenvalue weighted by molar-refractivity contribution is 0.101. The van der Waals surface area contributed by atoms with Crippen LogP contribution < -0.4 is 4.31 Å². The first-order valence-corrected chi connectivity index (χ1v) is 10.6. The van der Waals surface area contributed by atoms with Crippen LogP contribution in [0.25, 0.3) is 0 Å². The van der Waals surface area contributed by atoms with Gasteiger partial charge in [0.2, 0.25) is 0 Å². The molecule has 3 aromatic rings. The van der Waals surface area contributed by atoms with Crippen molar-refractivity contribution in [3.63, 3.8) is 0 Å². The highest BCUT2D eigenvalue weighted by molar-refractivity contribution is 7.93. The molecule has 0 aromatic heterocycles. The number of hydrogen-bond acceptors (Lipinski definition) is 3. The molecule has 4 nitrogen and oxygen atoms in total. The van der Waals surface area contributed by atoms with Gasteiger partial charge in [-0.1, -0.05) is 53.5 Å². The molecule has 3 rings (SSSR count). The van der Waals surface area contributed by atoms with Gasteiger partial charge in [0, 0.05) is 5.02 Å². The minimum atomic E-state index is -4.18. The molecule has 0 fully saturated rings. The summed E-state index contributed by atoms with van der Waals surface area (Å²) >= 11 is 12.1. The molecule has 0 bridgehead atoms. The van der Waals surface area contributed by atoms with Gasteiger partial charge in [-0.15, -0.1) is 0 Å². The van der Waals surface area contributed by atoms with E-state index in [4.69, 9.17) is 23.2 Å². The fourth-order valence-corrected chi connectivity index (χ4v) is 4.75. The van der Waals surface area contributed by atoms with Crippen molar-refractivity contribution in [1.82, 2.24) is 0 Å². The van der Waals surface area contributed by atoms with E-state index in [0.29, 0.717) is 10.6 Å². The Balaban J connectivity index is 2.26. The van der Waals surface area contributed by atoms with Crippen LogP contribution in [0.5, 0.6) is 0 Å². The summed E-state index contributed by atoms with van der Waals surface area (Å²) < 4.78 is 27.7. The zero-order valence-corrected chi connectivity index (χ0v) is 17.5. The van der Waals surface area contributed by atoms with E-state index in [1.807, 2.05) is 13.0 Å². The van der Waals surface area contributed by atoms with Gasteiger partial charge >= 0.3 is 0 Å². The van der Waals surface area contributed by atoms with Crippen molar-refractivity contribution in [2.75, 3.05) is 4.31 Å². The molecule has 1 amide bonds. The first kappa shape index (κ1) is 20.4. The third-order valence-corrected chi connectivity index (χ3v) is 6.68. The molecule has 0 aliphatic heterocycles. The summed E-state index contributed by atoms with van der Waals surface area (Å²) in [6.45, 7) is 3.63. The van der Waals surface area contributed by atoms with E-state index in [0.717, 1.165) is 9.87 Å². The molecule has 0 N–H and O–H groups in total. The Kier molecular flexibility index (Phi) is 5.79. The SMILES string of the molecule is Cc1cccc(N(C(=O)c2ccc(Cl)cc2Cl)S(=O)(=O)c2ccccc2)c1C. The van der Waals surface area contributed by atoms with Gasteiger partial charge in [-0.25, -0.2) is 8.42 Å². The van der Waals surface area contributed by atoms with E-state index in [1.54, 1.807) is 37.3 Å². The van der Waals surface area contributed by atoms with E-state index in [9.17, 15) is 13.2 Å². The molecule has 0 aliphatic carbocycles. The Labute approximate surface area is 174 Å². The van der Waals surface area contributed by atoms with Gasteiger partial charge < -0.3 is 0 Å². The summed E-state index contributed by atoms with van der Waals surface area (Å²) in [6, 6.07) is 17.3. The van der Waals surface area contributed by atoms with Crippen LogP contribution in [0, 0.1) is 13.8 Å². The fraction of sp³-hybridized carbons (Fsp3) is 0.0952. The van der Waals surface area contributed by atoms with Gasteiger partial charge in [-0.2, -0.15) is 4.31 Å². The maximum atomic E-state index is 13.4. The van der Waals surface area contributed by atoms with Crippen molar-refractivity contribution in [3.8, 4) is 0 Å². The summed E-state index contributed by atoms with van der Waals surface area (Å²) in [4.78, 5) is 13.4. The maximum absolute atomic E-state index is 13.4. The Morgan fingerprint density at radius 2 is 1.57 bits per heavy atom. The summed E-state index contributed by atoms with van der Waals surface area (Å²) in [5, 5.41) is 0.432. The third kappa shape index (κ3) is 3.78. The van der Waals surface area contributed by atoms with Gasteiger partial charge in [0.1, 0.15) is 0 Å². The molecule has 0 spiro atoms. The molecule has 28 heavy (non-hydrogen) atoms. The summed E-state index contributed by atoms with van der Waals surface area (Å²) in [7, 11) is -4.18. The van der Waals surface area contributed by atoms with Crippen molar-refractivity contribution in [3.05, 3.63) is 93.5 Å². The normalized spacial score (nSPS) is 11.3. The fourth-order valence-electron chi connectivity index (χ4n) is 2.77. The number of benzene rings is 3. The maximum Gasteiger partial charge on any atom is 0.273 e. The van der Waals surface area contributed by atoms with Crippen LogP contribution in [-0.2, 0) is 10.0 Å². The lowest BCUT2D eigenvalue weighted by atomic mass is 10.1. The lowest BCUT2D eigenvalue weighted by Gasteiger charge is -2.25. The van der Waals surface area contributed by atoms with E-state index in [2.05, 4.69) is 0 Å². The Hall–Kier alpha value is -2.34. The number of carbonyl (C=O) groups excluding carboxylic acids is 1. The van der Waals surface area contributed by atoms with Crippen molar-refractivity contribution >= 4 is 44.8 Å². The van der Waals surface area contributed by atoms with E-state index in [1.165, 1.54) is 30.3 Å². The van der Waals surface area contributed by atoms with Crippen LogP contribution in [0.1, 0.15) is 21.5 Å². The monoisotopic (exact) mass is 433 g/mol.